The van der Waals surface area contributed by atoms with E-state index in [9.17, 15) is 4.79 Å². The van der Waals surface area contributed by atoms with Crippen LogP contribution in [0, 0.1) is 0 Å². The van der Waals surface area contributed by atoms with Gasteiger partial charge in [0.2, 0.25) is 0 Å². The topological polar surface area (TPSA) is 53.2 Å². The molecule has 2 aliphatic rings. The van der Waals surface area contributed by atoms with Crippen LogP contribution < -0.4 is 16.0 Å². The van der Waals surface area contributed by atoms with E-state index in [1.165, 1.54) is 0 Å². The lowest BCUT2D eigenvalue weighted by Crippen LogP contribution is -2.45. The van der Waals surface area contributed by atoms with Gasteiger partial charge in [-0.1, -0.05) is 0 Å². The van der Waals surface area contributed by atoms with Gasteiger partial charge in [-0.15, -0.1) is 12.4 Å². The first-order valence-corrected chi connectivity index (χ1v) is 3.58. The number of hydrogen-bond acceptors (Lipinski definition) is 2. The van der Waals surface area contributed by atoms with Crippen LogP contribution >= 0.6 is 12.4 Å². The summed E-state index contributed by atoms with van der Waals surface area (Å²) in [6.07, 6.45) is 1.05. The third-order valence-electron chi connectivity index (χ3n) is 2.21. The van der Waals surface area contributed by atoms with Crippen molar-refractivity contribution in [2.24, 2.45) is 0 Å². The summed E-state index contributed by atoms with van der Waals surface area (Å²) in [5.41, 5.74) is 0.0388. The second-order valence-electron chi connectivity index (χ2n) is 3.01. The molecule has 2 aliphatic heterocycles. The highest BCUT2D eigenvalue weighted by Crippen LogP contribution is 2.16. The van der Waals surface area contributed by atoms with Gasteiger partial charge in [0, 0.05) is 13.1 Å². The van der Waals surface area contributed by atoms with Crippen LogP contribution in [-0.4, -0.2) is 31.2 Å². The van der Waals surface area contributed by atoms with Crippen molar-refractivity contribution in [3.63, 3.8) is 0 Å². The highest BCUT2D eigenvalue weighted by atomic mass is 35.5. The van der Waals surface area contributed by atoms with Crippen molar-refractivity contribution < 1.29 is 4.79 Å². The highest BCUT2D eigenvalue weighted by molar-refractivity contribution is 5.85. The molecule has 3 N–H and O–H groups in total. The molecular weight excluding hydrogens is 166 g/mol. The summed E-state index contributed by atoms with van der Waals surface area (Å²) in [4.78, 5) is 10.8. The Bertz CT molecular complexity index is 167. The fourth-order valence-electron chi connectivity index (χ4n) is 1.58. The molecule has 0 saturated carbocycles. The van der Waals surface area contributed by atoms with E-state index >= 15 is 0 Å². The molecule has 2 fully saturated rings. The van der Waals surface area contributed by atoms with Gasteiger partial charge in [-0.05, 0) is 13.0 Å². The van der Waals surface area contributed by atoms with Crippen molar-refractivity contribution in [3.8, 4) is 0 Å². The fraction of sp³-hybridized carbons (Fsp3) is 0.833. The molecule has 1 spiro atoms. The molecule has 1 unspecified atom stereocenters. The summed E-state index contributed by atoms with van der Waals surface area (Å²) < 4.78 is 0. The van der Waals surface area contributed by atoms with Gasteiger partial charge in [0.25, 0.3) is 0 Å². The maximum atomic E-state index is 10.8. The maximum Gasteiger partial charge on any atom is 0.315 e. The van der Waals surface area contributed by atoms with Crippen LogP contribution in [0.15, 0.2) is 0 Å². The van der Waals surface area contributed by atoms with Crippen molar-refractivity contribution in [2.45, 2.75) is 12.0 Å². The Kier molecular flexibility index (Phi) is 2.25. The molecule has 5 heteroatoms. The number of halogens is 1. The molecule has 0 aromatic heterocycles. The first-order chi connectivity index (χ1) is 4.81. The van der Waals surface area contributed by atoms with Gasteiger partial charge in [-0.25, -0.2) is 4.79 Å². The van der Waals surface area contributed by atoms with Crippen LogP contribution in [-0.2, 0) is 0 Å². The summed E-state index contributed by atoms with van der Waals surface area (Å²) in [6, 6.07) is -0.0244. The quantitative estimate of drug-likeness (QED) is 0.465. The predicted octanol–water partition coefficient (Wildman–Crippen LogP) is -0.547. The Hall–Kier alpha value is -0.480. The van der Waals surface area contributed by atoms with Crippen LogP contribution in [0.1, 0.15) is 6.42 Å². The summed E-state index contributed by atoms with van der Waals surface area (Å²) in [5.74, 6) is 0. The lowest BCUT2D eigenvalue weighted by atomic mass is 10.0. The number of nitrogens with one attached hydrogen (secondary N) is 3. The van der Waals surface area contributed by atoms with Gasteiger partial charge in [-0.3, -0.25) is 0 Å². The zero-order chi connectivity index (χ0) is 7.03. The zero-order valence-corrected chi connectivity index (χ0v) is 6.96. The molecule has 0 bridgehead atoms. The van der Waals surface area contributed by atoms with E-state index in [-0.39, 0.29) is 24.0 Å². The molecule has 1 atom stereocenters. The maximum absolute atomic E-state index is 10.8. The first-order valence-electron chi connectivity index (χ1n) is 3.58. The minimum absolute atomic E-state index is 0. The van der Waals surface area contributed by atoms with E-state index in [1.54, 1.807) is 0 Å². The second-order valence-corrected chi connectivity index (χ2v) is 3.01. The SMILES string of the molecule is Cl.O=C1NCC2(CCNC2)N1. The monoisotopic (exact) mass is 177 g/mol. The van der Waals surface area contributed by atoms with Gasteiger partial charge >= 0.3 is 6.03 Å². The first kappa shape index (κ1) is 8.62. The molecule has 64 valence electrons. The molecular formula is C6H12ClN3O. The van der Waals surface area contributed by atoms with Crippen LogP contribution in [0.3, 0.4) is 0 Å². The van der Waals surface area contributed by atoms with E-state index in [4.69, 9.17) is 0 Å². The molecule has 2 saturated heterocycles. The smallest absolute Gasteiger partial charge is 0.315 e. The molecule has 2 amide bonds. The third kappa shape index (κ3) is 1.41. The average Bonchev–Trinajstić information content (AvgIpc) is 2.46. The number of hydrogen-bond donors (Lipinski definition) is 3. The molecule has 2 rings (SSSR count). The van der Waals surface area contributed by atoms with Gasteiger partial charge in [0.1, 0.15) is 0 Å². The Morgan fingerprint density at radius 1 is 1.36 bits per heavy atom. The van der Waals surface area contributed by atoms with Crippen molar-refractivity contribution >= 4 is 18.4 Å². The summed E-state index contributed by atoms with van der Waals surface area (Å²) >= 11 is 0. The molecule has 4 nitrogen and oxygen atoms in total. The summed E-state index contributed by atoms with van der Waals surface area (Å²) in [6.45, 7) is 2.70. The summed E-state index contributed by atoms with van der Waals surface area (Å²) in [5, 5.41) is 8.90. The van der Waals surface area contributed by atoms with E-state index in [0.29, 0.717) is 0 Å². The lowest BCUT2D eigenvalue weighted by Gasteiger charge is -2.18. The van der Waals surface area contributed by atoms with Crippen LogP contribution in [0.25, 0.3) is 0 Å². The largest absolute Gasteiger partial charge is 0.336 e. The van der Waals surface area contributed by atoms with Gasteiger partial charge in [0.15, 0.2) is 0 Å². The Balaban J connectivity index is 0.000000605. The van der Waals surface area contributed by atoms with Gasteiger partial charge < -0.3 is 16.0 Å². The van der Waals surface area contributed by atoms with Gasteiger partial charge in [-0.2, -0.15) is 0 Å². The zero-order valence-electron chi connectivity index (χ0n) is 6.14. The van der Waals surface area contributed by atoms with E-state index in [0.717, 1.165) is 26.1 Å². The predicted molar refractivity (Wildman–Crippen MR) is 44.0 cm³/mol. The normalized spacial score (nSPS) is 34.7. The highest BCUT2D eigenvalue weighted by Gasteiger charge is 2.39. The number of carbonyl (C=O) groups is 1. The second kappa shape index (κ2) is 2.87. The van der Waals surface area contributed by atoms with Crippen molar-refractivity contribution in [2.75, 3.05) is 19.6 Å². The van der Waals surface area contributed by atoms with Crippen LogP contribution in [0.5, 0.6) is 0 Å². The van der Waals surface area contributed by atoms with Crippen LogP contribution in [0.4, 0.5) is 4.79 Å². The number of urea groups is 1. The van der Waals surface area contributed by atoms with Crippen molar-refractivity contribution in [1.29, 1.82) is 0 Å². The van der Waals surface area contributed by atoms with Crippen molar-refractivity contribution in [3.05, 3.63) is 0 Å². The van der Waals surface area contributed by atoms with Gasteiger partial charge in [0.05, 0.1) is 5.54 Å². The third-order valence-corrected chi connectivity index (χ3v) is 2.21. The Morgan fingerprint density at radius 3 is 2.64 bits per heavy atom. The van der Waals surface area contributed by atoms with E-state index in [2.05, 4.69) is 16.0 Å². The fourth-order valence-corrected chi connectivity index (χ4v) is 1.58. The standard InChI is InChI=1S/C6H11N3O.ClH/c10-5-8-4-6(9-5)1-2-7-3-6;/h7H,1-4H2,(H2,8,9,10);1H. The molecule has 2 heterocycles. The molecule has 0 aromatic rings. The lowest BCUT2D eigenvalue weighted by molar-refractivity contribution is 0.245. The Morgan fingerprint density at radius 2 is 2.18 bits per heavy atom. The van der Waals surface area contributed by atoms with Crippen molar-refractivity contribution in [1.82, 2.24) is 16.0 Å². The number of rotatable bonds is 0. The molecule has 0 aromatic carbocycles. The average molecular weight is 178 g/mol. The number of amides is 2. The summed E-state index contributed by atoms with van der Waals surface area (Å²) in [7, 11) is 0. The number of carbonyl (C=O) groups excluding carboxylic acids is 1. The Labute approximate surface area is 71.5 Å². The van der Waals surface area contributed by atoms with E-state index < -0.39 is 0 Å². The van der Waals surface area contributed by atoms with E-state index in [1.807, 2.05) is 0 Å². The molecule has 0 aliphatic carbocycles. The van der Waals surface area contributed by atoms with Crippen LogP contribution in [0.2, 0.25) is 0 Å². The molecule has 0 radical (unpaired) electrons. The minimum atomic E-state index is -0.0244. The minimum Gasteiger partial charge on any atom is -0.336 e. The molecule has 11 heavy (non-hydrogen) atoms.